The molecular formula is C24H21Cl3F6N2O2S. The van der Waals surface area contributed by atoms with Crippen molar-refractivity contribution in [2.75, 3.05) is 12.0 Å². The molecule has 0 bridgehead atoms. The highest BCUT2D eigenvalue weighted by Crippen LogP contribution is 2.41. The molecule has 2 aromatic rings. The monoisotopic (exact) mass is 620 g/mol. The molecular weight excluding hydrogens is 601 g/mol. The van der Waals surface area contributed by atoms with E-state index < -0.39 is 47.4 Å². The van der Waals surface area contributed by atoms with Gasteiger partial charge in [0.15, 0.2) is 0 Å². The topological polar surface area (TPSA) is 58.2 Å². The summed E-state index contributed by atoms with van der Waals surface area (Å²) in [5.74, 6) is -3.26. The van der Waals surface area contributed by atoms with Crippen molar-refractivity contribution in [2.24, 2.45) is 0 Å². The second kappa shape index (κ2) is 13.3. The van der Waals surface area contributed by atoms with Crippen LogP contribution in [-0.4, -0.2) is 36.2 Å². The summed E-state index contributed by atoms with van der Waals surface area (Å²) in [6.45, 7) is 1.38. The van der Waals surface area contributed by atoms with E-state index in [0.29, 0.717) is 17.9 Å². The third-order valence-corrected chi connectivity index (χ3v) is 6.86. The lowest BCUT2D eigenvalue weighted by molar-refractivity contribution is -0.139. The van der Waals surface area contributed by atoms with E-state index in [2.05, 4.69) is 10.6 Å². The van der Waals surface area contributed by atoms with E-state index in [1.165, 1.54) is 18.7 Å². The first-order valence-corrected chi connectivity index (χ1v) is 13.3. The van der Waals surface area contributed by atoms with Crippen molar-refractivity contribution in [1.82, 2.24) is 10.6 Å². The van der Waals surface area contributed by atoms with Gasteiger partial charge >= 0.3 is 12.4 Å². The largest absolute Gasteiger partial charge is 0.417 e. The number of rotatable bonds is 9. The fourth-order valence-electron chi connectivity index (χ4n) is 3.29. The van der Waals surface area contributed by atoms with Crippen molar-refractivity contribution in [3.05, 3.63) is 73.7 Å². The van der Waals surface area contributed by atoms with Gasteiger partial charge in [0, 0.05) is 12.2 Å². The summed E-state index contributed by atoms with van der Waals surface area (Å²) >= 11 is 18.9. The summed E-state index contributed by atoms with van der Waals surface area (Å²) in [4.78, 5) is 24.3. The summed E-state index contributed by atoms with van der Waals surface area (Å²) in [6, 6.07) is 4.40. The Balaban J connectivity index is 2.36. The predicted octanol–water partition coefficient (Wildman–Crippen LogP) is 7.97. The molecule has 0 aliphatic heterocycles. The first kappa shape index (κ1) is 32.1. The SMILES string of the molecule is CSCCC(=O)N[C@@H](C)NC(=O)c1ccc(/C=C/C(c2cc(Cl)c(Cl)c(Cl)c2)C(F)(F)F)cc1C(F)(F)F. The molecule has 2 aromatic carbocycles. The first-order valence-electron chi connectivity index (χ1n) is 10.7. The number of thioether (sulfide) groups is 1. The quantitative estimate of drug-likeness (QED) is 0.170. The molecule has 2 amide bonds. The Bertz CT molecular complexity index is 1180. The molecule has 0 aliphatic rings. The summed E-state index contributed by atoms with van der Waals surface area (Å²) in [5.41, 5.74) is -2.73. The minimum absolute atomic E-state index is 0.139. The van der Waals surface area contributed by atoms with E-state index in [1.54, 1.807) is 6.26 Å². The first-order chi connectivity index (χ1) is 17.5. The van der Waals surface area contributed by atoms with Crippen LogP contribution in [0.3, 0.4) is 0 Å². The molecule has 0 heterocycles. The van der Waals surface area contributed by atoms with Gasteiger partial charge < -0.3 is 10.6 Å². The average Bonchev–Trinajstić information content (AvgIpc) is 2.79. The highest BCUT2D eigenvalue weighted by atomic mass is 35.5. The highest BCUT2D eigenvalue weighted by Gasteiger charge is 2.40. The van der Waals surface area contributed by atoms with Gasteiger partial charge in [-0.25, -0.2) is 0 Å². The molecule has 0 fully saturated rings. The van der Waals surface area contributed by atoms with Gasteiger partial charge in [-0.1, -0.05) is 53.0 Å². The Morgan fingerprint density at radius 2 is 1.61 bits per heavy atom. The molecule has 4 nitrogen and oxygen atoms in total. The Kier molecular flexibility index (Phi) is 11.3. The minimum atomic E-state index is -5.00. The molecule has 2 rings (SSSR count). The number of nitrogens with one attached hydrogen (secondary N) is 2. The lowest BCUT2D eigenvalue weighted by atomic mass is 9.96. The number of carbonyl (C=O) groups is 2. The fraction of sp³-hybridized carbons (Fsp3) is 0.333. The second-order valence-corrected chi connectivity index (χ2v) is 10.2. The van der Waals surface area contributed by atoms with Crippen LogP contribution in [0.4, 0.5) is 26.3 Å². The summed E-state index contributed by atoms with van der Waals surface area (Å²) in [7, 11) is 0. The molecule has 0 radical (unpaired) electrons. The highest BCUT2D eigenvalue weighted by molar-refractivity contribution is 7.98. The summed E-state index contributed by atoms with van der Waals surface area (Å²) in [5, 5.41) is 4.13. The van der Waals surface area contributed by atoms with Crippen LogP contribution in [0, 0.1) is 0 Å². The zero-order chi connectivity index (χ0) is 28.8. The third-order valence-electron chi connectivity index (χ3n) is 5.05. The minimum Gasteiger partial charge on any atom is -0.336 e. The number of carbonyl (C=O) groups excluding carboxylic acids is 2. The number of hydrogen-bond acceptors (Lipinski definition) is 3. The van der Waals surface area contributed by atoms with Crippen molar-refractivity contribution in [2.45, 2.75) is 37.8 Å². The van der Waals surface area contributed by atoms with E-state index in [-0.39, 0.29) is 32.6 Å². The van der Waals surface area contributed by atoms with Gasteiger partial charge in [0.05, 0.1) is 38.3 Å². The van der Waals surface area contributed by atoms with Gasteiger partial charge in [0.2, 0.25) is 5.91 Å². The number of hydrogen-bond donors (Lipinski definition) is 2. The van der Waals surface area contributed by atoms with Crippen LogP contribution in [0.2, 0.25) is 15.1 Å². The number of alkyl halides is 6. The van der Waals surface area contributed by atoms with Crippen LogP contribution < -0.4 is 10.6 Å². The Hall–Kier alpha value is -2.08. The van der Waals surface area contributed by atoms with Gasteiger partial charge in [0.1, 0.15) is 0 Å². The van der Waals surface area contributed by atoms with Gasteiger partial charge in [-0.15, -0.1) is 0 Å². The van der Waals surface area contributed by atoms with Gasteiger partial charge in [-0.2, -0.15) is 38.1 Å². The van der Waals surface area contributed by atoms with Crippen molar-refractivity contribution in [3.63, 3.8) is 0 Å². The van der Waals surface area contributed by atoms with Gasteiger partial charge in [-0.3, -0.25) is 9.59 Å². The third kappa shape index (κ3) is 9.00. The molecule has 0 spiro atoms. The second-order valence-electron chi connectivity index (χ2n) is 7.99. The maximum Gasteiger partial charge on any atom is 0.417 e. The molecule has 1 unspecified atom stereocenters. The molecule has 208 valence electrons. The number of halogens is 9. The van der Waals surface area contributed by atoms with Crippen LogP contribution in [0.5, 0.6) is 0 Å². The van der Waals surface area contributed by atoms with Crippen LogP contribution in [-0.2, 0) is 11.0 Å². The molecule has 14 heteroatoms. The number of amides is 2. The molecule has 0 saturated heterocycles. The van der Waals surface area contributed by atoms with Crippen molar-refractivity contribution in [3.8, 4) is 0 Å². The summed E-state index contributed by atoms with van der Waals surface area (Å²) in [6.07, 6.45) is -7.35. The summed E-state index contributed by atoms with van der Waals surface area (Å²) < 4.78 is 82.5. The Labute approximate surface area is 234 Å². The molecule has 0 saturated carbocycles. The van der Waals surface area contributed by atoms with Crippen molar-refractivity contribution < 1.29 is 35.9 Å². The molecule has 0 aliphatic carbocycles. The zero-order valence-electron chi connectivity index (χ0n) is 19.7. The molecule has 38 heavy (non-hydrogen) atoms. The number of benzene rings is 2. The van der Waals surface area contributed by atoms with E-state index in [1.807, 2.05) is 0 Å². The number of allylic oxidation sites excluding steroid dienone is 1. The van der Waals surface area contributed by atoms with E-state index in [4.69, 9.17) is 34.8 Å². The standard InChI is InChI=1S/C24H21Cl3F6N2O2S/c1-12(34-20(36)7-8-38-2)35-22(37)15-5-3-13(9-17(15)24(31,32)33)4-6-16(23(28,29)30)14-10-18(25)21(27)19(26)11-14/h3-6,9-12,16H,7-8H2,1-2H3,(H,34,36)(H,35,37)/b6-4+/t12-,16?/m1/s1. The lowest BCUT2D eigenvalue weighted by Crippen LogP contribution is -2.46. The zero-order valence-corrected chi connectivity index (χ0v) is 22.8. The van der Waals surface area contributed by atoms with Gasteiger partial charge in [0.25, 0.3) is 5.91 Å². The van der Waals surface area contributed by atoms with Crippen molar-refractivity contribution >= 4 is 64.5 Å². The van der Waals surface area contributed by atoms with Crippen molar-refractivity contribution in [1.29, 1.82) is 0 Å². The van der Waals surface area contributed by atoms with Crippen LogP contribution in [0.1, 0.15) is 46.3 Å². The lowest BCUT2D eigenvalue weighted by Gasteiger charge is -2.19. The van der Waals surface area contributed by atoms with E-state index >= 15 is 0 Å². The Morgan fingerprint density at radius 1 is 1.00 bits per heavy atom. The maximum atomic E-state index is 13.8. The van der Waals surface area contributed by atoms with Crippen LogP contribution in [0.25, 0.3) is 6.08 Å². The van der Waals surface area contributed by atoms with E-state index in [9.17, 15) is 35.9 Å². The van der Waals surface area contributed by atoms with Gasteiger partial charge in [-0.05, 0) is 48.6 Å². The molecule has 2 atom stereocenters. The molecule has 0 aromatic heterocycles. The smallest absolute Gasteiger partial charge is 0.336 e. The maximum absolute atomic E-state index is 13.8. The van der Waals surface area contributed by atoms with Crippen LogP contribution >= 0.6 is 46.6 Å². The predicted molar refractivity (Wildman–Crippen MR) is 139 cm³/mol. The molecule has 2 N–H and O–H groups in total. The fourth-order valence-corrected chi connectivity index (χ4v) is 4.29. The average molecular weight is 622 g/mol. The van der Waals surface area contributed by atoms with Crippen LogP contribution in [0.15, 0.2) is 36.4 Å². The Morgan fingerprint density at radius 3 is 2.13 bits per heavy atom. The van der Waals surface area contributed by atoms with E-state index in [0.717, 1.165) is 30.3 Å². The normalized spacial score (nSPS) is 13.9.